The number of methoxy groups -OCH3 is 1. The minimum absolute atomic E-state index is 0.00657. The second-order valence-electron chi connectivity index (χ2n) is 8.16. The molecule has 0 aliphatic rings. The molecule has 0 aliphatic carbocycles. The number of nitrogens with one attached hydrogen (secondary N) is 3. The smallest absolute Gasteiger partial charge is 0.308 e. The predicted octanol–water partition coefficient (Wildman–Crippen LogP) is 2.45. The average molecular weight is 457 g/mol. The standard InChI is InChI=1S/C23H27N5O5/c1-23(2,3)33-18(29)8-9-25-20(30)16-10-14(12-26-22(16)32-5)13-6-7-15-17(11-13)27-28-19(15)21(31)24-4/h6-7,10-12H,8-9H2,1-5H3,(H,24,31)(H,25,30)(H,27,28)/i4D3. The molecule has 1 aromatic carbocycles. The van der Waals surface area contributed by atoms with Gasteiger partial charge in [0.1, 0.15) is 11.2 Å². The molecule has 0 unspecified atom stereocenters. The van der Waals surface area contributed by atoms with Crippen LogP contribution in [0.3, 0.4) is 0 Å². The molecule has 10 nitrogen and oxygen atoms in total. The Morgan fingerprint density at radius 1 is 1.15 bits per heavy atom. The molecular weight excluding hydrogens is 426 g/mol. The summed E-state index contributed by atoms with van der Waals surface area (Å²) in [5.41, 5.74) is 1.23. The topological polar surface area (TPSA) is 135 Å². The number of hydrogen-bond donors (Lipinski definition) is 3. The zero-order chi connectivity index (χ0) is 26.7. The van der Waals surface area contributed by atoms with E-state index in [4.69, 9.17) is 13.6 Å². The summed E-state index contributed by atoms with van der Waals surface area (Å²) in [6.45, 7) is 2.72. The highest BCUT2D eigenvalue weighted by Crippen LogP contribution is 2.28. The molecule has 3 aromatic rings. The molecule has 2 aromatic heterocycles. The molecule has 0 fully saturated rings. The van der Waals surface area contributed by atoms with Crippen LogP contribution in [0.2, 0.25) is 0 Å². The maximum atomic E-state index is 12.8. The Bertz CT molecular complexity index is 1300. The SMILES string of the molecule is [2H]C([2H])([2H])NC(=O)c1n[nH]c2cc(-c3cnc(OC)c(C(=O)NCCC(=O)OC(C)(C)C)c3)ccc12. The Kier molecular flexibility index (Phi) is 5.78. The molecular formula is C23H27N5O5. The van der Waals surface area contributed by atoms with E-state index in [9.17, 15) is 14.4 Å². The van der Waals surface area contributed by atoms with E-state index in [1.54, 1.807) is 45.0 Å². The van der Waals surface area contributed by atoms with E-state index in [0.29, 0.717) is 22.0 Å². The van der Waals surface area contributed by atoms with E-state index < -0.39 is 30.4 Å². The largest absolute Gasteiger partial charge is 0.480 e. The lowest BCUT2D eigenvalue weighted by Gasteiger charge is -2.19. The zero-order valence-electron chi connectivity index (χ0n) is 21.7. The van der Waals surface area contributed by atoms with Crippen molar-refractivity contribution < 1.29 is 28.0 Å². The van der Waals surface area contributed by atoms with E-state index in [1.807, 2.05) is 5.32 Å². The summed E-state index contributed by atoms with van der Waals surface area (Å²) in [6.07, 6.45) is 1.53. The molecule has 0 saturated heterocycles. The first kappa shape index (κ1) is 19.7. The van der Waals surface area contributed by atoms with Crippen LogP contribution in [0, 0.1) is 0 Å². The van der Waals surface area contributed by atoms with Crippen LogP contribution in [0.5, 0.6) is 5.88 Å². The van der Waals surface area contributed by atoms with Crippen molar-refractivity contribution in [3.05, 3.63) is 41.7 Å². The number of amides is 2. The summed E-state index contributed by atoms with van der Waals surface area (Å²) in [4.78, 5) is 41.1. The molecule has 33 heavy (non-hydrogen) atoms. The minimum Gasteiger partial charge on any atom is -0.480 e. The lowest BCUT2D eigenvalue weighted by molar-refractivity contribution is -0.154. The summed E-state index contributed by atoms with van der Waals surface area (Å²) in [7, 11) is 1.39. The van der Waals surface area contributed by atoms with Crippen molar-refractivity contribution in [2.75, 3.05) is 20.6 Å². The Morgan fingerprint density at radius 2 is 1.94 bits per heavy atom. The number of hydrogen-bond acceptors (Lipinski definition) is 7. The van der Waals surface area contributed by atoms with Gasteiger partial charge in [0.2, 0.25) is 5.88 Å². The van der Waals surface area contributed by atoms with Crippen LogP contribution in [0.4, 0.5) is 0 Å². The van der Waals surface area contributed by atoms with Crippen molar-refractivity contribution in [2.24, 2.45) is 0 Å². The highest BCUT2D eigenvalue weighted by atomic mass is 16.6. The molecule has 0 spiro atoms. The normalized spacial score (nSPS) is 12.9. The Morgan fingerprint density at radius 3 is 2.64 bits per heavy atom. The van der Waals surface area contributed by atoms with Crippen molar-refractivity contribution in [2.45, 2.75) is 32.8 Å². The van der Waals surface area contributed by atoms with Gasteiger partial charge < -0.3 is 20.1 Å². The summed E-state index contributed by atoms with van der Waals surface area (Å²) in [5, 5.41) is 11.7. The predicted molar refractivity (Wildman–Crippen MR) is 122 cm³/mol. The van der Waals surface area contributed by atoms with E-state index in [-0.39, 0.29) is 30.1 Å². The van der Waals surface area contributed by atoms with Crippen LogP contribution in [0.1, 0.15) is 52.2 Å². The number of fused-ring (bicyclic) bond motifs is 1. The first-order valence-electron chi connectivity index (χ1n) is 11.6. The van der Waals surface area contributed by atoms with Gasteiger partial charge in [-0.15, -0.1) is 0 Å². The number of pyridine rings is 1. The summed E-state index contributed by atoms with van der Waals surface area (Å²) in [5.74, 6) is -1.62. The van der Waals surface area contributed by atoms with Crippen LogP contribution < -0.4 is 15.4 Å². The molecule has 0 bridgehead atoms. The lowest BCUT2D eigenvalue weighted by Crippen LogP contribution is -2.30. The molecule has 2 amide bonds. The minimum atomic E-state index is -2.64. The zero-order valence-corrected chi connectivity index (χ0v) is 18.7. The van der Waals surface area contributed by atoms with Crippen molar-refractivity contribution in [3.63, 3.8) is 0 Å². The summed E-state index contributed by atoms with van der Waals surface area (Å²) < 4.78 is 32.0. The van der Waals surface area contributed by atoms with Gasteiger partial charge in [-0.05, 0) is 44.5 Å². The summed E-state index contributed by atoms with van der Waals surface area (Å²) in [6, 6.07) is 6.60. The fourth-order valence-electron chi connectivity index (χ4n) is 3.13. The Hall–Kier alpha value is -3.95. The highest BCUT2D eigenvalue weighted by Gasteiger charge is 2.19. The first-order chi connectivity index (χ1) is 16.8. The molecule has 0 radical (unpaired) electrons. The maximum Gasteiger partial charge on any atom is 0.308 e. The van der Waals surface area contributed by atoms with Gasteiger partial charge in [-0.25, -0.2) is 4.98 Å². The van der Waals surface area contributed by atoms with E-state index >= 15 is 0 Å². The number of carbonyl (C=O) groups excluding carboxylic acids is 3. The fraction of sp³-hybridized carbons (Fsp3) is 0.348. The molecule has 0 atom stereocenters. The lowest BCUT2D eigenvalue weighted by atomic mass is 10.0. The van der Waals surface area contributed by atoms with E-state index in [1.165, 1.54) is 13.3 Å². The van der Waals surface area contributed by atoms with Gasteiger partial charge in [-0.2, -0.15) is 5.10 Å². The van der Waals surface area contributed by atoms with Crippen LogP contribution >= 0.6 is 0 Å². The second kappa shape index (κ2) is 9.68. The number of esters is 1. The van der Waals surface area contributed by atoms with Crippen LogP contribution in [0.15, 0.2) is 30.5 Å². The Labute approximate surface area is 195 Å². The number of ether oxygens (including phenoxy) is 2. The van der Waals surface area contributed by atoms with Gasteiger partial charge in [0, 0.05) is 34.8 Å². The van der Waals surface area contributed by atoms with Gasteiger partial charge >= 0.3 is 5.97 Å². The number of rotatable bonds is 7. The van der Waals surface area contributed by atoms with Crippen molar-refractivity contribution in [1.82, 2.24) is 25.8 Å². The number of aromatic nitrogens is 3. The number of nitrogens with zero attached hydrogens (tertiary/aromatic N) is 2. The van der Waals surface area contributed by atoms with Crippen LogP contribution in [0.25, 0.3) is 22.0 Å². The molecule has 0 saturated carbocycles. The van der Waals surface area contributed by atoms with Gasteiger partial charge in [0.05, 0.1) is 19.0 Å². The first-order valence-corrected chi connectivity index (χ1v) is 10.1. The fourth-order valence-corrected chi connectivity index (χ4v) is 3.13. The number of aromatic amines is 1. The molecule has 3 rings (SSSR count). The van der Waals surface area contributed by atoms with Crippen molar-refractivity contribution in [3.8, 4) is 17.0 Å². The number of carbonyl (C=O) groups is 3. The third kappa shape index (κ3) is 5.65. The quantitative estimate of drug-likeness (QED) is 0.465. The third-order valence-corrected chi connectivity index (χ3v) is 4.55. The van der Waals surface area contributed by atoms with Crippen molar-refractivity contribution in [1.29, 1.82) is 0 Å². The number of H-pyrrole nitrogens is 1. The molecule has 2 heterocycles. The van der Waals surface area contributed by atoms with Crippen molar-refractivity contribution >= 4 is 28.7 Å². The third-order valence-electron chi connectivity index (χ3n) is 4.55. The van der Waals surface area contributed by atoms with Crippen LogP contribution in [-0.2, 0) is 9.53 Å². The maximum absolute atomic E-state index is 12.8. The molecule has 10 heteroatoms. The highest BCUT2D eigenvalue weighted by molar-refractivity contribution is 6.05. The van der Waals surface area contributed by atoms with Crippen LogP contribution in [-0.4, -0.2) is 59.2 Å². The number of benzene rings is 1. The van der Waals surface area contributed by atoms with Gasteiger partial charge in [-0.3, -0.25) is 19.5 Å². The second-order valence-corrected chi connectivity index (χ2v) is 8.16. The monoisotopic (exact) mass is 456 g/mol. The Balaban J connectivity index is 1.80. The summed E-state index contributed by atoms with van der Waals surface area (Å²) >= 11 is 0. The molecule has 0 aliphatic heterocycles. The van der Waals surface area contributed by atoms with Gasteiger partial charge in [0.15, 0.2) is 5.69 Å². The molecule has 3 N–H and O–H groups in total. The molecule has 174 valence electrons. The van der Waals surface area contributed by atoms with Gasteiger partial charge in [0.25, 0.3) is 11.8 Å². The van der Waals surface area contributed by atoms with Gasteiger partial charge in [-0.1, -0.05) is 6.07 Å². The average Bonchev–Trinajstić information content (AvgIpc) is 3.19. The van der Waals surface area contributed by atoms with E-state index in [0.717, 1.165) is 0 Å². The van der Waals surface area contributed by atoms with E-state index in [2.05, 4.69) is 20.5 Å².